The SMILES string of the molecule is CCN(Cc1ccco1)c1cccc(C(=O)O)c1[N+](=O)[O-]. The molecule has 0 spiro atoms. The van der Waals surface area contributed by atoms with E-state index >= 15 is 0 Å². The van der Waals surface area contributed by atoms with Gasteiger partial charge in [-0.2, -0.15) is 0 Å². The molecule has 0 amide bonds. The molecule has 1 aromatic heterocycles. The van der Waals surface area contributed by atoms with Crippen LogP contribution in [0.3, 0.4) is 0 Å². The summed E-state index contributed by atoms with van der Waals surface area (Å²) in [5.41, 5.74) is -0.465. The zero-order valence-corrected chi connectivity index (χ0v) is 11.4. The first kappa shape index (κ1) is 14.6. The van der Waals surface area contributed by atoms with E-state index in [9.17, 15) is 14.9 Å². The molecule has 0 saturated heterocycles. The minimum absolute atomic E-state index is 0.263. The van der Waals surface area contributed by atoms with Gasteiger partial charge in [0.25, 0.3) is 0 Å². The van der Waals surface area contributed by atoms with Gasteiger partial charge in [0.2, 0.25) is 0 Å². The minimum Gasteiger partial charge on any atom is -0.477 e. The van der Waals surface area contributed by atoms with Crippen molar-refractivity contribution in [2.24, 2.45) is 0 Å². The largest absolute Gasteiger partial charge is 0.477 e. The van der Waals surface area contributed by atoms with Crippen LogP contribution in [0, 0.1) is 10.1 Å². The Bertz CT molecular complexity index is 651. The molecule has 2 rings (SSSR count). The topological polar surface area (TPSA) is 96.8 Å². The van der Waals surface area contributed by atoms with Gasteiger partial charge < -0.3 is 14.4 Å². The van der Waals surface area contributed by atoms with E-state index in [4.69, 9.17) is 9.52 Å². The molecule has 1 heterocycles. The third-order valence-electron chi connectivity index (χ3n) is 3.08. The predicted octanol–water partition coefficient (Wildman–Crippen LogP) is 2.91. The van der Waals surface area contributed by atoms with Crippen LogP contribution >= 0.6 is 0 Å². The van der Waals surface area contributed by atoms with Crippen LogP contribution in [0.15, 0.2) is 41.0 Å². The molecule has 0 radical (unpaired) electrons. The van der Waals surface area contributed by atoms with Gasteiger partial charge in [-0.15, -0.1) is 0 Å². The van der Waals surface area contributed by atoms with Crippen LogP contribution in [0.25, 0.3) is 0 Å². The maximum absolute atomic E-state index is 11.3. The van der Waals surface area contributed by atoms with Crippen LogP contribution < -0.4 is 4.90 Å². The van der Waals surface area contributed by atoms with Gasteiger partial charge in [0.15, 0.2) is 0 Å². The molecule has 0 bridgehead atoms. The van der Waals surface area contributed by atoms with Gasteiger partial charge in [0.05, 0.1) is 17.7 Å². The van der Waals surface area contributed by atoms with Gasteiger partial charge in [0.1, 0.15) is 17.0 Å². The maximum Gasteiger partial charge on any atom is 0.342 e. The van der Waals surface area contributed by atoms with E-state index in [1.54, 1.807) is 17.0 Å². The number of benzene rings is 1. The van der Waals surface area contributed by atoms with Crippen molar-refractivity contribution in [3.8, 4) is 0 Å². The molecule has 110 valence electrons. The first-order valence-corrected chi connectivity index (χ1v) is 6.32. The van der Waals surface area contributed by atoms with Gasteiger partial charge in [-0.3, -0.25) is 10.1 Å². The minimum atomic E-state index is -1.32. The molecule has 0 fully saturated rings. The maximum atomic E-state index is 11.3. The number of furan rings is 1. The molecule has 0 atom stereocenters. The van der Waals surface area contributed by atoms with Crippen molar-refractivity contribution < 1.29 is 19.2 Å². The fourth-order valence-corrected chi connectivity index (χ4v) is 2.11. The standard InChI is InChI=1S/C14H14N2O5/c1-2-15(9-10-5-4-8-21-10)12-7-3-6-11(14(17)18)13(12)16(19)20/h3-8H,2,9H2,1H3,(H,17,18). The van der Waals surface area contributed by atoms with Crippen molar-refractivity contribution in [2.75, 3.05) is 11.4 Å². The average molecular weight is 290 g/mol. The number of anilines is 1. The van der Waals surface area contributed by atoms with E-state index in [1.807, 2.05) is 6.92 Å². The van der Waals surface area contributed by atoms with E-state index in [2.05, 4.69) is 0 Å². The summed E-state index contributed by atoms with van der Waals surface area (Å²) in [6, 6.07) is 7.75. The van der Waals surface area contributed by atoms with E-state index in [0.717, 1.165) is 0 Å². The third-order valence-corrected chi connectivity index (χ3v) is 3.08. The summed E-state index contributed by atoms with van der Waals surface area (Å²) < 4.78 is 5.24. The molecule has 1 aromatic carbocycles. The van der Waals surface area contributed by atoms with Crippen molar-refractivity contribution >= 4 is 17.3 Å². The fraction of sp³-hybridized carbons (Fsp3) is 0.214. The number of para-hydroxylation sites is 1. The monoisotopic (exact) mass is 290 g/mol. The molecule has 1 N–H and O–H groups in total. The van der Waals surface area contributed by atoms with Crippen molar-refractivity contribution in [3.63, 3.8) is 0 Å². The van der Waals surface area contributed by atoms with E-state index in [-0.39, 0.29) is 11.3 Å². The van der Waals surface area contributed by atoms with Gasteiger partial charge in [-0.25, -0.2) is 4.79 Å². The number of nitro benzene ring substituents is 1. The predicted molar refractivity (Wildman–Crippen MR) is 75.5 cm³/mol. The van der Waals surface area contributed by atoms with Gasteiger partial charge in [0, 0.05) is 6.54 Å². The summed E-state index contributed by atoms with van der Waals surface area (Å²) in [5, 5.41) is 20.4. The Labute approximate surface area is 120 Å². The van der Waals surface area contributed by atoms with Crippen LogP contribution in [-0.4, -0.2) is 22.5 Å². The molecule has 0 aliphatic rings. The van der Waals surface area contributed by atoms with Crippen LogP contribution in [0.2, 0.25) is 0 Å². The second-order valence-electron chi connectivity index (χ2n) is 4.33. The molecular formula is C14H14N2O5. The fourth-order valence-electron chi connectivity index (χ4n) is 2.11. The number of carboxylic acid groups (broad SMARTS) is 1. The first-order valence-electron chi connectivity index (χ1n) is 6.32. The lowest BCUT2D eigenvalue weighted by atomic mass is 10.1. The summed E-state index contributed by atoms with van der Waals surface area (Å²) >= 11 is 0. The van der Waals surface area contributed by atoms with Gasteiger partial charge >= 0.3 is 11.7 Å². The Hall–Kier alpha value is -2.83. The summed E-state index contributed by atoms with van der Waals surface area (Å²) in [4.78, 5) is 23.5. The Balaban J connectivity index is 2.47. The summed E-state index contributed by atoms with van der Waals surface area (Å²) in [5.74, 6) is -0.676. The zero-order chi connectivity index (χ0) is 15.4. The van der Waals surface area contributed by atoms with Gasteiger partial charge in [-0.05, 0) is 31.2 Å². The second-order valence-corrected chi connectivity index (χ2v) is 4.33. The van der Waals surface area contributed by atoms with Crippen molar-refractivity contribution in [3.05, 3.63) is 58.0 Å². The van der Waals surface area contributed by atoms with Crippen LogP contribution in [0.5, 0.6) is 0 Å². The van der Waals surface area contributed by atoms with Crippen LogP contribution in [0.4, 0.5) is 11.4 Å². The second kappa shape index (κ2) is 6.08. The molecule has 2 aromatic rings. The zero-order valence-electron chi connectivity index (χ0n) is 11.4. The molecule has 7 nitrogen and oxygen atoms in total. The van der Waals surface area contributed by atoms with E-state index < -0.39 is 16.6 Å². The molecule has 0 unspecified atom stereocenters. The number of hydrogen-bond acceptors (Lipinski definition) is 5. The average Bonchev–Trinajstić information content (AvgIpc) is 2.96. The highest BCUT2D eigenvalue weighted by Crippen LogP contribution is 2.32. The number of nitro groups is 1. The summed E-state index contributed by atoms with van der Waals surface area (Å²) in [7, 11) is 0. The van der Waals surface area contributed by atoms with Crippen molar-refractivity contribution in [2.45, 2.75) is 13.5 Å². The normalized spacial score (nSPS) is 10.3. The van der Waals surface area contributed by atoms with Crippen molar-refractivity contribution in [1.29, 1.82) is 0 Å². The molecule has 0 aliphatic carbocycles. The number of carbonyl (C=O) groups is 1. The molecular weight excluding hydrogens is 276 g/mol. The molecule has 7 heteroatoms. The highest BCUT2D eigenvalue weighted by molar-refractivity contribution is 5.95. The van der Waals surface area contributed by atoms with Gasteiger partial charge in [-0.1, -0.05) is 6.07 Å². The first-order chi connectivity index (χ1) is 10.0. The van der Waals surface area contributed by atoms with Crippen LogP contribution in [-0.2, 0) is 6.54 Å². The lowest BCUT2D eigenvalue weighted by molar-refractivity contribution is -0.384. The van der Waals surface area contributed by atoms with E-state index in [0.29, 0.717) is 18.8 Å². The summed E-state index contributed by atoms with van der Waals surface area (Å²) in [6.07, 6.45) is 1.52. The highest BCUT2D eigenvalue weighted by Gasteiger charge is 2.27. The van der Waals surface area contributed by atoms with Crippen molar-refractivity contribution in [1.82, 2.24) is 0 Å². The Morgan fingerprint density at radius 3 is 2.67 bits per heavy atom. The molecule has 0 saturated carbocycles. The lowest BCUT2D eigenvalue weighted by Crippen LogP contribution is -2.23. The quantitative estimate of drug-likeness (QED) is 0.649. The Kier molecular flexibility index (Phi) is 4.22. The Morgan fingerprint density at radius 1 is 1.38 bits per heavy atom. The Morgan fingerprint density at radius 2 is 2.14 bits per heavy atom. The number of hydrogen-bond donors (Lipinski definition) is 1. The third kappa shape index (κ3) is 3.02. The highest BCUT2D eigenvalue weighted by atomic mass is 16.6. The summed E-state index contributed by atoms with van der Waals surface area (Å²) in [6.45, 7) is 2.64. The molecule has 0 aliphatic heterocycles. The number of carboxylic acids is 1. The number of rotatable bonds is 6. The molecule has 21 heavy (non-hydrogen) atoms. The smallest absolute Gasteiger partial charge is 0.342 e. The van der Waals surface area contributed by atoms with Crippen LogP contribution in [0.1, 0.15) is 23.0 Å². The number of aromatic carboxylic acids is 1. The number of nitrogens with zero attached hydrogens (tertiary/aromatic N) is 2. The lowest BCUT2D eigenvalue weighted by Gasteiger charge is -2.22. The van der Waals surface area contributed by atoms with E-state index in [1.165, 1.54) is 24.5 Å².